The van der Waals surface area contributed by atoms with Crippen molar-refractivity contribution < 1.29 is 0 Å². The molecule has 1 aromatic heterocycles. The summed E-state index contributed by atoms with van der Waals surface area (Å²) in [5, 5.41) is 6.56. The summed E-state index contributed by atoms with van der Waals surface area (Å²) >= 11 is 6.15. The second-order valence-corrected chi connectivity index (χ2v) is 5.89. The van der Waals surface area contributed by atoms with Crippen LogP contribution in [0, 0.1) is 0 Å². The number of nitrogens with zero attached hydrogens (tertiary/aromatic N) is 2. The molecule has 4 rings (SSSR count). The van der Waals surface area contributed by atoms with Crippen molar-refractivity contribution in [1.82, 2.24) is 9.78 Å². The molecule has 0 N–H and O–H groups in total. The third-order valence-electron chi connectivity index (χ3n) is 3.91. The Labute approximate surface area is 143 Å². The van der Waals surface area contributed by atoms with Crippen molar-refractivity contribution in [3.63, 3.8) is 0 Å². The molecule has 4 heteroatoms. The highest BCUT2D eigenvalue weighted by Gasteiger charge is 2.13. The number of para-hydroxylation sites is 1. The first-order valence-electron chi connectivity index (χ1n) is 7.57. The molecule has 0 fully saturated rings. The number of halogens is 1. The van der Waals surface area contributed by atoms with Crippen molar-refractivity contribution >= 4 is 22.4 Å². The monoisotopic (exact) mass is 332 g/mol. The molecule has 3 aromatic carbocycles. The third-order valence-corrected chi connectivity index (χ3v) is 4.14. The van der Waals surface area contributed by atoms with Crippen molar-refractivity contribution in [2.24, 2.45) is 0 Å². The van der Waals surface area contributed by atoms with Crippen molar-refractivity contribution in [3.05, 3.63) is 94.2 Å². The molecule has 116 valence electrons. The van der Waals surface area contributed by atoms with Gasteiger partial charge in [-0.25, -0.2) is 0 Å². The average molecular weight is 333 g/mol. The van der Waals surface area contributed by atoms with E-state index in [1.54, 1.807) is 18.2 Å². The minimum Gasteiger partial charge on any atom is -0.267 e. The topological polar surface area (TPSA) is 34.9 Å². The molecule has 0 unspecified atom stereocenters. The lowest BCUT2D eigenvalue weighted by Crippen LogP contribution is -2.22. The van der Waals surface area contributed by atoms with Crippen LogP contribution in [0.1, 0.15) is 0 Å². The summed E-state index contributed by atoms with van der Waals surface area (Å²) in [4.78, 5) is 12.9. The van der Waals surface area contributed by atoms with Gasteiger partial charge in [-0.05, 0) is 30.3 Å². The molecule has 0 aliphatic rings. The fourth-order valence-electron chi connectivity index (χ4n) is 2.77. The SMILES string of the molecule is O=c1c2ccc(Cl)cc2c(-c2ccccc2)nn1-c1ccccc1. The van der Waals surface area contributed by atoms with E-state index >= 15 is 0 Å². The smallest absolute Gasteiger partial charge is 0.267 e. The van der Waals surface area contributed by atoms with Gasteiger partial charge in [-0.2, -0.15) is 9.78 Å². The van der Waals surface area contributed by atoms with Gasteiger partial charge in [0.05, 0.1) is 16.8 Å². The molecule has 0 aliphatic carbocycles. The number of fused-ring (bicyclic) bond motifs is 1. The molecule has 1 heterocycles. The Hall–Kier alpha value is -2.91. The summed E-state index contributed by atoms with van der Waals surface area (Å²) in [5.74, 6) is 0. The van der Waals surface area contributed by atoms with E-state index in [9.17, 15) is 4.79 Å². The van der Waals surface area contributed by atoms with Gasteiger partial charge >= 0.3 is 0 Å². The lowest BCUT2D eigenvalue weighted by molar-refractivity contribution is 0.826. The van der Waals surface area contributed by atoms with Gasteiger partial charge in [-0.1, -0.05) is 60.1 Å². The van der Waals surface area contributed by atoms with Gasteiger partial charge in [-0.15, -0.1) is 0 Å². The molecule has 0 saturated carbocycles. The maximum Gasteiger partial charge on any atom is 0.279 e. The number of rotatable bonds is 2. The minimum absolute atomic E-state index is 0.160. The van der Waals surface area contributed by atoms with Crippen LogP contribution < -0.4 is 5.56 Å². The Bertz CT molecular complexity index is 1070. The predicted octanol–water partition coefficient (Wildman–Crippen LogP) is 4.71. The van der Waals surface area contributed by atoms with E-state index in [1.807, 2.05) is 60.7 Å². The zero-order valence-electron chi connectivity index (χ0n) is 12.7. The summed E-state index contributed by atoms with van der Waals surface area (Å²) in [5.41, 5.74) is 2.25. The minimum atomic E-state index is -0.160. The zero-order valence-corrected chi connectivity index (χ0v) is 13.4. The van der Waals surface area contributed by atoms with Crippen LogP contribution in [0.25, 0.3) is 27.7 Å². The molecule has 3 nitrogen and oxygen atoms in total. The first kappa shape index (κ1) is 14.7. The standard InChI is InChI=1S/C20H13ClN2O/c21-15-11-12-17-18(13-15)19(14-7-3-1-4-8-14)22-23(20(17)24)16-9-5-2-6-10-16/h1-13H. The fourth-order valence-corrected chi connectivity index (χ4v) is 2.94. The van der Waals surface area contributed by atoms with Crippen molar-refractivity contribution in [2.45, 2.75) is 0 Å². The van der Waals surface area contributed by atoms with Gasteiger partial charge < -0.3 is 0 Å². The van der Waals surface area contributed by atoms with Gasteiger partial charge in [0.2, 0.25) is 0 Å². The highest BCUT2D eigenvalue weighted by atomic mass is 35.5. The van der Waals surface area contributed by atoms with Crippen LogP contribution in [-0.2, 0) is 0 Å². The van der Waals surface area contributed by atoms with E-state index in [0.717, 1.165) is 22.3 Å². The molecular weight excluding hydrogens is 320 g/mol. The summed E-state index contributed by atoms with van der Waals surface area (Å²) in [6.07, 6.45) is 0. The molecule has 0 radical (unpaired) electrons. The van der Waals surface area contributed by atoms with Gasteiger partial charge in [-0.3, -0.25) is 4.79 Å². The fraction of sp³-hybridized carbons (Fsp3) is 0. The van der Waals surface area contributed by atoms with Crippen LogP contribution in [-0.4, -0.2) is 9.78 Å². The Balaban J connectivity index is 2.12. The van der Waals surface area contributed by atoms with Crippen LogP contribution in [0.15, 0.2) is 83.7 Å². The second-order valence-electron chi connectivity index (χ2n) is 5.46. The highest BCUT2D eigenvalue weighted by Crippen LogP contribution is 2.27. The van der Waals surface area contributed by atoms with E-state index in [0.29, 0.717) is 10.4 Å². The Morgan fingerprint density at radius 3 is 2.17 bits per heavy atom. The molecule has 24 heavy (non-hydrogen) atoms. The number of aromatic nitrogens is 2. The molecule has 0 aliphatic heterocycles. The van der Waals surface area contributed by atoms with Crippen molar-refractivity contribution in [3.8, 4) is 16.9 Å². The van der Waals surface area contributed by atoms with Gasteiger partial charge in [0.1, 0.15) is 0 Å². The van der Waals surface area contributed by atoms with E-state index in [-0.39, 0.29) is 5.56 Å². The second kappa shape index (κ2) is 5.95. The highest BCUT2D eigenvalue weighted by molar-refractivity contribution is 6.31. The Morgan fingerprint density at radius 2 is 1.46 bits per heavy atom. The van der Waals surface area contributed by atoms with E-state index in [1.165, 1.54) is 4.68 Å². The largest absolute Gasteiger partial charge is 0.279 e. The van der Waals surface area contributed by atoms with Crippen LogP contribution in [0.3, 0.4) is 0 Å². The van der Waals surface area contributed by atoms with Crippen LogP contribution in [0.2, 0.25) is 5.02 Å². The van der Waals surface area contributed by atoms with E-state index < -0.39 is 0 Å². The van der Waals surface area contributed by atoms with Crippen molar-refractivity contribution in [1.29, 1.82) is 0 Å². The van der Waals surface area contributed by atoms with Gasteiger partial charge in [0, 0.05) is 16.0 Å². The summed E-state index contributed by atoms with van der Waals surface area (Å²) < 4.78 is 1.44. The number of hydrogen-bond acceptors (Lipinski definition) is 2. The molecule has 4 aromatic rings. The molecule has 0 atom stereocenters. The number of benzene rings is 3. The summed E-state index contributed by atoms with van der Waals surface area (Å²) in [7, 11) is 0. The van der Waals surface area contributed by atoms with Crippen LogP contribution in [0.5, 0.6) is 0 Å². The molecule has 0 spiro atoms. The lowest BCUT2D eigenvalue weighted by atomic mass is 10.1. The lowest BCUT2D eigenvalue weighted by Gasteiger charge is -2.11. The molecule has 0 bridgehead atoms. The van der Waals surface area contributed by atoms with Crippen LogP contribution in [0.4, 0.5) is 0 Å². The molecular formula is C20H13ClN2O. The maximum atomic E-state index is 12.9. The first-order chi connectivity index (χ1) is 11.7. The van der Waals surface area contributed by atoms with E-state index in [4.69, 9.17) is 11.6 Å². The Morgan fingerprint density at radius 1 is 0.792 bits per heavy atom. The summed E-state index contributed by atoms with van der Waals surface area (Å²) in [6, 6.07) is 24.5. The third kappa shape index (κ3) is 2.49. The van der Waals surface area contributed by atoms with Crippen molar-refractivity contribution in [2.75, 3.05) is 0 Å². The van der Waals surface area contributed by atoms with Crippen LogP contribution >= 0.6 is 11.6 Å². The first-order valence-corrected chi connectivity index (χ1v) is 7.95. The average Bonchev–Trinajstić information content (AvgIpc) is 2.63. The predicted molar refractivity (Wildman–Crippen MR) is 97.8 cm³/mol. The van der Waals surface area contributed by atoms with Gasteiger partial charge in [0.15, 0.2) is 0 Å². The van der Waals surface area contributed by atoms with Gasteiger partial charge in [0.25, 0.3) is 5.56 Å². The maximum absolute atomic E-state index is 12.9. The molecule has 0 amide bonds. The Kier molecular flexibility index (Phi) is 3.63. The summed E-state index contributed by atoms with van der Waals surface area (Å²) in [6.45, 7) is 0. The number of hydrogen-bond donors (Lipinski definition) is 0. The zero-order chi connectivity index (χ0) is 16.5. The normalized spacial score (nSPS) is 10.9. The quantitative estimate of drug-likeness (QED) is 0.533. The van der Waals surface area contributed by atoms with E-state index in [2.05, 4.69) is 5.10 Å². The molecule has 0 saturated heterocycles.